The minimum Gasteiger partial charge on any atom is -0.356 e. The van der Waals surface area contributed by atoms with Crippen molar-refractivity contribution in [1.82, 2.24) is 15.5 Å². The van der Waals surface area contributed by atoms with E-state index in [0.717, 1.165) is 36.1 Å². The van der Waals surface area contributed by atoms with Crippen LogP contribution in [0.4, 0.5) is 13.2 Å². The summed E-state index contributed by atoms with van der Waals surface area (Å²) >= 11 is 0. The maximum atomic E-state index is 12.6. The van der Waals surface area contributed by atoms with Gasteiger partial charge in [0.25, 0.3) is 0 Å². The van der Waals surface area contributed by atoms with Gasteiger partial charge in [0.05, 0.1) is 5.56 Å². The molecule has 0 bridgehead atoms. The number of benzene rings is 1. The van der Waals surface area contributed by atoms with Gasteiger partial charge < -0.3 is 15.5 Å². The first-order chi connectivity index (χ1) is 11.8. The van der Waals surface area contributed by atoms with Crippen LogP contribution in [0.1, 0.15) is 24.0 Å². The van der Waals surface area contributed by atoms with Crippen LogP contribution in [0.15, 0.2) is 29.3 Å². The van der Waals surface area contributed by atoms with Gasteiger partial charge in [0.1, 0.15) is 0 Å². The highest BCUT2D eigenvalue weighted by Crippen LogP contribution is 2.34. The zero-order valence-corrected chi connectivity index (χ0v) is 15.0. The van der Waals surface area contributed by atoms with Crippen LogP contribution >= 0.6 is 0 Å². The van der Waals surface area contributed by atoms with Gasteiger partial charge in [0.15, 0.2) is 5.96 Å². The van der Waals surface area contributed by atoms with Crippen LogP contribution in [0, 0.1) is 5.92 Å². The first-order valence-electron chi connectivity index (χ1n) is 8.58. The van der Waals surface area contributed by atoms with E-state index >= 15 is 0 Å². The highest BCUT2D eigenvalue weighted by molar-refractivity contribution is 5.79. The smallest absolute Gasteiger partial charge is 0.356 e. The molecule has 1 saturated carbocycles. The Kier molecular flexibility index (Phi) is 6.70. The van der Waals surface area contributed by atoms with E-state index in [2.05, 4.69) is 34.6 Å². The van der Waals surface area contributed by atoms with Crippen molar-refractivity contribution in [3.8, 4) is 0 Å². The molecule has 0 spiro atoms. The lowest BCUT2D eigenvalue weighted by Crippen LogP contribution is -2.46. The summed E-state index contributed by atoms with van der Waals surface area (Å²) in [5, 5.41) is 6.55. The number of rotatable bonds is 7. The Balaban J connectivity index is 1.75. The van der Waals surface area contributed by atoms with Crippen LogP contribution < -0.4 is 10.6 Å². The van der Waals surface area contributed by atoms with Crippen LogP contribution in [-0.2, 0) is 12.6 Å². The van der Waals surface area contributed by atoms with E-state index in [4.69, 9.17) is 0 Å². The Morgan fingerprint density at radius 2 is 1.84 bits per heavy atom. The van der Waals surface area contributed by atoms with E-state index < -0.39 is 11.7 Å². The standard InChI is InChI=1S/C18H27F3N4/c1-22-17(24-12-16(25(2)3)14-6-7-14)23-11-10-13-4-8-15(9-5-13)18(19,20)21/h4-5,8-9,14,16H,6-7,10-12H2,1-3H3,(H2,22,23,24). The maximum Gasteiger partial charge on any atom is 0.416 e. The average Bonchev–Trinajstić information content (AvgIpc) is 3.37. The van der Waals surface area contributed by atoms with Gasteiger partial charge in [0, 0.05) is 26.2 Å². The topological polar surface area (TPSA) is 39.7 Å². The van der Waals surface area contributed by atoms with Gasteiger partial charge in [-0.05, 0) is 57.0 Å². The van der Waals surface area contributed by atoms with E-state index in [9.17, 15) is 13.2 Å². The van der Waals surface area contributed by atoms with Crippen molar-refractivity contribution in [2.24, 2.45) is 10.9 Å². The number of likely N-dealkylation sites (N-methyl/N-ethyl adjacent to an activating group) is 1. The van der Waals surface area contributed by atoms with E-state index in [-0.39, 0.29) is 0 Å². The highest BCUT2D eigenvalue weighted by atomic mass is 19.4. The van der Waals surface area contributed by atoms with Gasteiger partial charge in [-0.25, -0.2) is 0 Å². The number of guanidine groups is 1. The van der Waals surface area contributed by atoms with Crippen molar-refractivity contribution < 1.29 is 13.2 Å². The van der Waals surface area contributed by atoms with Crippen molar-refractivity contribution in [2.75, 3.05) is 34.2 Å². The molecular formula is C18H27F3N4. The number of aliphatic imine (C=N–C) groups is 1. The molecule has 0 amide bonds. The Hall–Kier alpha value is -1.76. The highest BCUT2D eigenvalue weighted by Gasteiger charge is 2.32. The van der Waals surface area contributed by atoms with Crippen molar-refractivity contribution in [3.63, 3.8) is 0 Å². The molecule has 2 N–H and O–H groups in total. The fourth-order valence-electron chi connectivity index (χ4n) is 2.86. The molecular weight excluding hydrogens is 329 g/mol. The summed E-state index contributed by atoms with van der Waals surface area (Å²) in [6, 6.07) is 5.79. The molecule has 1 atom stereocenters. The monoisotopic (exact) mass is 356 g/mol. The van der Waals surface area contributed by atoms with Gasteiger partial charge in [-0.1, -0.05) is 12.1 Å². The molecule has 1 aromatic rings. The molecule has 0 aromatic heterocycles. The molecule has 0 heterocycles. The predicted molar refractivity (Wildman–Crippen MR) is 94.7 cm³/mol. The molecule has 1 aromatic carbocycles. The van der Waals surface area contributed by atoms with Gasteiger partial charge in [-0.15, -0.1) is 0 Å². The van der Waals surface area contributed by atoms with Crippen LogP contribution in [0.5, 0.6) is 0 Å². The summed E-state index contributed by atoms with van der Waals surface area (Å²) in [7, 11) is 5.90. The van der Waals surface area contributed by atoms with E-state index in [1.807, 2.05) is 0 Å². The third-order valence-electron chi connectivity index (χ3n) is 4.52. The second kappa shape index (κ2) is 8.56. The molecule has 1 unspecified atom stereocenters. The van der Waals surface area contributed by atoms with Crippen molar-refractivity contribution >= 4 is 5.96 Å². The zero-order valence-electron chi connectivity index (χ0n) is 15.0. The predicted octanol–water partition coefficient (Wildman–Crippen LogP) is 2.75. The molecule has 1 aliphatic rings. The minimum atomic E-state index is -4.28. The zero-order chi connectivity index (χ0) is 18.4. The molecule has 25 heavy (non-hydrogen) atoms. The SMILES string of the molecule is CN=C(NCCc1ccc(C(F)(F)F)cc1)NCC(C1CC1)N(C)C. The fourth-order valence-corrected chi connectivity index (χ4v) is 2.86. The normalized spacial score (nSPS) is 16.8. The summed E-state index contributed by atoms with van der Waals surface area (Å²) in [4.78, 5) is 6.44. The second-order valence-corrected chi connectivity index (χ2v) is 6.69. The molecule has 0 radical (unpaired) electrons. The number of halogens is 3. The first kappa shape index (κ1) is 19.6. The summed E-state index contributed by atoms with van der Waals surface area (Å²) < 4.78 is 37.7. The Labute approximate surface area is 147 Å². The number of hydrogen-bond acceptors (Lipinski definition) is 2. The van der Waals surface area contributed by atoms with Crippen molar-refractivity contribution in [1.29, 1.82) is 0 Å². The number of hydrogen-bond donors (Lipinski definition) is 2. The average molecular weight is 356 g/mol. The third kappa shape index (κ3) is 6.23. The Bertz CT molecular complexity index is 561. The lowest BCUT2D eigenvalue weighted by atomic mass is 10.1. The summed E-state index contributed by atoms with van der Waals surface area (Å²) in [6.45, 7) is 1.44. The molecule has 7 heteroatoms. The number of nitrogens with one attached hydrogen (secondary N) is 2. The first-order valence-corrected chi connectivity index (χ1v) is 8.58. The Morgan fingerprint density at radius 1 is 1.20 bits per heavy atom. The quantitative estimate of drug-likeness (QED) is 0.583. The second-order valence-electron chi connectivity index (χ2n) is 6.69. The largest absolute Gasteiger partial charge is 0.416 e. The van der Waals surface area contributed by atoms with Gasteiger partial charge in [-0.2, -0.15) is 13.2 Å². The maximum absolute atomic E-state index is 12.6. The van der Waals surface area contributed by atoms with Crippen LogP contribution in [0.25, 0.3) is 0 Å². The van der Waals surface area contributed by atoms with Gasteiger partial charge in [0.2, 0.25) is 0 Å². The molecule has 0 saturated heterocycles. The fraction of sp³-hybridized carbons (Fsp3) is 0.611. The minimum absolute atomic E-state index is 0.494. The van der Waals surface area contributed by atoms with Crippen LogP contribution in [0.2, 0.25) is 0 Å². The van der Waals surface area contributed by atoms with Crippen LogP contribution in [-0.4, -0.2) is 51.1 Å². The van der Waals surface area contributed by atoms with Crippen LogP contribution in [0.3, 0.4) is 0 Å². The van der Waals surface area contributed by atoms with Gasteiger partial charge >= 0.3 is 6.18 Å². The molecule has 4 nitrogen and oxygen atoms in total. The lowest BCUT2D eigenvalue weighted by molar-refractivity contribution is -0.137. The van der Waals surface area contributed by atoms with Crippen molar-refractivity contribution in [3.05, 3.63) is 35.4 Å². The Morgan fingerprint density at radius 3 is 2.32 bits per heavy atom. The lowest BCUT2D eigenvalue weighted by Gasteiger charge is -2.25. The molecule has 2 rings (SSSR count). The number of nitrogens with zero attached hydrogens (tertiary/aromatic N) is 2. The summed E-state index contributed by atoms with van der Waals surface area (Å²) in [5.74, 6) is 1.48. The molecule has 0 aliphatic heterocycles. The molecule has 1 aliphatic carbocycles. The summed E-state index contributed by atoms with van der Waals surface area (Å²) in [6.07, 6.45) is -1.08. The van der Waals surface area contributed by atoms with E-state index in [1.54, 1.807) is 7.05 Å². The summed E-state index contributed by atoms with van der Waals surface area (Å²) in [5.41, 5.74) is 0.247. The van der Waals surface area contributed by atoms with Gasteiger partial charge in [-0.3, -0.25) is 4.99 Å². The molecule has 1 fully saturated rings. The van der Waals surface area contributed by atoms with E-state index in [0.29, 0.717) is 19.0 Å². The number of alkyl halides is 3. The van der Waals surface area contributed by atoms with E-state index in [1.165, 1.54) is 25.0 Å². The van der Waals surface area contributed by atoms with Crippen molar-refractivity contribution in [2.45, 2.75) is 31.5 Å². The molecule has 140 valence electrons. The third-order valence-corrected chi connectivity index (χ3v) is 4.52.